The van der Waals surface area contributed by atoms with Crippen molar-refractivity contribution in [3.05, 3.63) is 23.8 Å². The highest BCUT2D eigenvalue weighted by atomic mass is 32.2. The summed E-state index contributed by atoms with van der Waals surface area (Å²) in [6.45, 7) is 2.29. The van der Waals surface area contributed by atoms with Gasteiger partial charge < -0.3 is 10.8 Å². The average molecular weight is 197 g/mol. The summed E-state index contributed by atoms with van der Waals surface area (Å²) in [7, 11) is 0. The van der Waals surface area contributed by atoms with E-state index in [1.54, 1.807) is 11.8 Å². The summed E-state index contributed by atoms with van der Waals surface area (Å²) in [4.78, 5) is 1.19. The van der Waals surface area contributed by atoms with E-state index in [-0.39, 0.29) is 6.61 Å². The number of nitrogens with two attached hydrogens (primary N) is 1. The summed E-state index contributed by atoms with van der Waals surface area (Å²) in [5.41, 5.74) is 7.70. The Morgan fingerprint density at radius 3 is 2.77 bits per heavy atom. The predicted molar refractivity (Wildman–Crippen MR) is 58.0 cm³/mol. The van der Waals surface area contributed by atoms with Gasteiger partial charge in [-0.2, -0.15) is 0 Å². The van der Waals surface area contributed by atoms with Crippen LogP contribution in [0.25, 0.3) is 0 Å². The van der Waals surface area contributed by atoms with E-state index < -0.39 is 0 Å². The maximum atomic E-state index is 8.62. The van der Waals surface area contributed by atoms with Gasteiger partial charge in [0.15, 0.2) is 0 Å². The average Bonchev–Trinajstić information content (AvgIpc) is 2.03. The van der Waals surface area contributed by atoms with Crippen molar-refractivity contribution in [3.63, 3.8) is 0 Å². The summed E-state index contributed by atoms with van der Waals surface area (Å²) in [5, 5.41) is 8.62. The van der Waals surface area contributed by atoms with E-state index >= 15 is 0 Å². The van der Waals surface area contributed by atoms with E-state index in [1.165, 1.54) is 10.5 Å². The van der Waals surface area contributed by atoms with Crippen LogP contribution in [0.4, 0.5) is 5.69 Å². The highest BCUT2D eigenvalue weighted by molar-refractivity contribution is 7.99. The molecule has 0 spiro atoms. The maximum Gasteiger partial charge on any atom is 0.0439 e. The minimum absolute atomic E-state index is 0.258. The molecule has 0 aliphatic carbocycles. The number of nitrogen functional groups attached to an aromatic ring is 1. The van der Waals surface area contributed by atoms with Gasteiger partial charge in [0, 0.05) is 22.9 Å². The van der Waals surface area contributed by atoms with Gasteiger partial charge in [-0.05, 0) is 37.1 Å². The lowest BCUT2D eigenvalue weighted by molar-refractivity contribution is 0.296. The summed E-state index contributed by atoms with van der Waals surface area (Å²) in [6.07, 6.45) is 0.832. The molecular weight excluding hydrogens is 182 g/mol. The van der Waals surface area contributed by atoms with Gasteiger partial charge in [-0.3, -0.25) is 0 Å². The van der Waals surface area contributed by atoms with Crippen molar-refractivity contribution in [3.8, 4) is 0 Å². The number of rotatable bonds is 4. The molecule has 1 rings (SSSR count). The molecule has 0 heterocycles. The number of anilines is 1. The molecule has 72 valence electrons. The molecule has 0 radical (unpaired) electrons. The quantitative estimate of drug-likeness (QED) is 0.441. The number of benzene rings is 1. The third-order valence-corrected chi connectivity index (χ3v) is 2.71. The molecule has 1 aromatic rings. The monoisotopic (exact) mass is 197 g/mol. The molecule has 0 atom stereocenters. The van der Waals surface area contributed by atoms with Gasteiger partial charge in [-0.1, -0.05) is 0 Å². The zero-order valence-corrected chi connectivity index (χ0v) is 8.60. The van der Waals surface area contributed by atoms with Gasteiger partial charge in [0.25, 0.3) is 0 Å². The maximum absolute atomic E-state index is 8.62. The second-order valence-corrected chi connectivity index (χ2v) is 4.17. The summed E-state index contributed by atoms with van der Waals surface area (Å²) in [6, 6.07) is 6.03. The molecule has 0 unspecified atom stereocenters. The van der Waals surface area contributed by atoms with Crippen molar-refractivity contribution < 1.29 is 5.11 Å². The molecule has 0 bridgehead atoms. The van der Waals surface area contributed by atoms with Crippen LogP contribution in [0.2, 0.25) is 0 Å². The predicted octanol–water partition coefficient (Wildman–Crippen LogP) is 2.05. The topological polar surface area (TPSA) is 46.2 Å². The fourth-order valence-electron chi connectivity index (χ4n) is 1.11. The second-order valence-electron chi connectivity index (χ2n) is 3.01. The SMILES string of the molecule is Cc1cc(N)cc(SCCCO)c1. The van der Waals surface area contributed by atoms with E-state index in [9.17, 15) is 0 Å². The highest BCUT2D eigenvalue weighted by Gasteiger charge is 1.96. The molecular formula is C10H15NOS. The minimum atomic E-state index is 0.258. The first kappa shape index (κ1) is 10.4. The van der Waals surface area contributed by atoms with Gasteiger partial charge >= 0.3 is 0 Å². The van der Waals surface area contributed by atoms with Crippen LogP contribution in [-0.4, -0.2) is 17.5 Å². The van der Waals surface area contributed by atoms with Crippen LogP contribution in [0.3, 0.4) is 0 Å². The molecule has 0 aromatic heterocycles. The van der Waals surface area contributed by atoms with Gasteiger partial charge in [0.2, 0.25) is 0 Å². The molecule has 1 aromatic carbocycles. The minimum Gasteiger partial charge on any atom is -0.399 e. The molecule has 0 fully saturated rings. The van der Waals surface area contributed by atoms with Crippen molar-refractivity contribution in [1.29, 1.82) is 0 Å². The third-order valence-electron chi connectivity index (χ3n) is 1.64. The first-order valence-corrected chi connectivity index (χ1v) is 5.32. The van der Waals surface area contributed by atoms with Crippen LogP contribution in [-0.2, 0) is 0 Å². The Morgan fingerprint density at radius 1 is 1.38 bits per heavy atom. The van der Waals surface area contributed by atoms with Gasteiger partial charge in [-0.25, -0.2) is 0 Å². The number of aliphatic hydroxyl groups excluding tert-OH is 1. The first-order chi connectivity index (χ1) is 6.22. The van der Waals surface area contributed by atoms with E-state index in [0.717, 1.165) is 17.9 Å². The van der Waals surface area contributed by atoms with Gasteiger partial charge in [0.05, 0.1) is 0 Å². The molecule has 0 saturated heterocycles. The van der Waals surface area contributed by atoms with Crippen molar-refractivity contribution in [2.24, 2.45) is 0 Å². The smallest absolute Gasteiger partial charge is 0.0439 e. The Balaban J connectivity index is 2.56. The van der Waals surface area contributed by atoms with Crippen LogP contribution in [0, 0.1) is 6.92 Å². The van der Waals surface area contributed by atoms with Crippen LogP contribution < -0.4 is 5.73 Å². The van der Waals surface area contributed by atoms with E-state index in [1.807, 2.05) is 19.1 Å². The lowest BCUT2D eigenvalue weighted by Gasteiger charge is -2.03. The largest absolute Gasteiger partial charge is 0.399 e. The molecule has 0 saturated carbocycles. The normalized spacial score (nSPS) is 10.3. The van der Waals surface area contributed by atoms with E-state index in [2.05, 4.69) is 6.07 Å². The Morgan fingerprint density at radius 2 is 2.15 bits per heavy atom. The zero-order chi connectivity index (χ0) is 9.68. The van der Waals surface area contributed by atoms with Gasteiger partial charge in [0.1, 0.15) is 0 Å². The fourth-order valence-corrected chi connectivity index (χ4v) is 2.11. The van der Waals surface area contributed by atoms with Crippen LogP contribution >= 0.6 is 11.8 Å². The van der Waals surface area contributed by atoms with Crippen LogP contribution in [0.15, 0.2) is 23.1 Å². The molecule has 0 aliphatic heterocycles. The first-order valence-electron chi connectivity index (χ1n) is 4.33. The lowest BCUT2D eigenvalue weighted by Crippen LogP contribution is -1.89. The van der Waals surface area contributed by atoms with Crippen LogP contribution in [0.5, 0.6) is 0 Å². The van der Waals surface area contributed by atoms with Crippen molar-refractivity contribution in [2.75, 3.05) is 18.1 Å². The molecule has 13 heavy (non-hydrogen) atoms. The van der Waals surface area contributed by atoms with Gasteiger partial charge in [-0.15, -0.1) is 11.8 Å². The van der Waals surface area contributed by atoms with Crippen LogP contribution in [0.1, 0.15) is 12.0 Å². The number of thioether (sulfide) groups is 1. The Hall–Kier alpha value is -0.670. The number of aliphatic hydroxyl groups is 1. The van der Waals surface area contributed by atoms with E-state index in [4.69, 9.17) is 10.8 Å². The molecule has 0 aliphatic rings. The molecule has 0 amide bonds. The Bertz CT molecular complexity index is 255. The Labute approximate surface area is 83.1 Å². The summed E-state index contributed by atoms with van der Waals surface area (Å²) < 4.78 is 0. The molecule has 2 nitrogen and oxygen atoms in total. The number of aryl methyl sites for hydroxylation is 1. The second kappa shape index (κ2) is 5.14. The van der Waals surface area contributed by atoms with Crippen molar-refractivity contribution in [2.45, 2.75) is 18.2 Å². The lowest BCUT2D eigenvalue weighted by atomic mass is 10.2. The Kier molecular flexibility index (Phi) is 4.12. The van der Waals surface area contributed by atoms with Crippen molar-refractivity contribution >= 4 is 17.4 Å². The van der Waals surface area contributed by atoms with Crippen molar-refractivity contribution in [1.82, 2.24) is 0 Å². The zero-order valence-electron chi connectivity index (χ0n) is 7.79. The number of hydrogen-bond acceptors (Lipinski definition) is 3. The highest BCUT2D eigenvalue weighted by Crippen LogP contribution is 2.22. The molecule has 3 heteroatoms. The fraction of sp³-hybridized carbons (Fsp3) is 0.400. The standard InChI is InChI=1S/C10H15NOS/c1-8-5-9(11)7-10(6-8)13-4-2-3-12/h5-7,12H,2-4,11H2,1H3. The summed E-state index contributed by atoms with van der Waals surface area (Å²) in [5.74, 6) is 0.944. The molecule has 3 N–H and O–H groups in total. The van der Waals surface area contributed by atoms with E-state index in [0.29, 0.717) is 0 Å². The third kappa shape index (κ3) is 3.70. The summed E-state index contributed by atoms with van der Waals surface area (Å²) >= 11 is 1.73. The number of hydrogen-bond donors (Lipinski definition) is 2.